The number of fused-ring (bicyclic) bond motifs is 1. The second-order valence-electron chi connectivity index (χ2n) is 7.88. The molecular formula is C20H25FN2O3. The normalized spacial score (nSPS) is 17.7. The summed E-state index contributed by atoms with van der Waals surface area (Å²) in [5.41, 5.74) is 0.762. The standard InChI is InChI=1S/C20H25FN2O3/c1-13(24)17-12-22(18-8-7-14(21)10-16(17)18)11-15-6-5-9-23(15)19(25)26-20(2,3)4/h7-8,10,12,15H,5-6,9,11H2,1-4H3/t15-/m0/s1. The van der Waals surface area contributed by atoms with Crippen LogP contribution in [0.3, 0.4) is 0 Å². The number of Topliss-reactive ketones (excluding diaryl/α,β-unsaturated/α-hetero) is 1. The van der Waals surface area contributed by atoms with Gasteiger partial charge in [0, 0.05) is 35.8 Å². The predicted octanol–water partition coefficient (Wildman–Crippen LogP) is 4.38. The molecule has 1 aliphatic heterocycles. The van der Waals surface area contributed by atoms with Crippen molar-refractivity contribution in [2.75, 3.05) is 6.54 Å². The van der Waals surface area contributed by atoms with Gasteiger partial charge >= 0.3 is 6.09 Å². The molecule has 0 bridgehead atoms. The van der Waals surface area contributed by atoms with Crippen molar-refractivity contribution >= 4 is 22.8 Å². The highest BCUT2D eigenvalue weighted by molar-refractivity contribution is 6.07. The number of halogens is 1. The van der Waals surface area contributed by atoms with Crippen LogP contribution in [-0.2, 0) is 11.3 Å². The van der Waals surface area contributed by atoms with Gasteiger partial charge in [-0.25, -0.2) is 9.18 Å². The molecule has 1 aliphatic rings. The van der Waals surface area contributed by atoms with Crippen LogP contribution in [0.25, 0.3) is 10.9 Å². The number of carbonyl (C=O) groups excluding carboxylic acids is 2. The van der Waals surface area contributed by atoms with Crippen molar-refractivity contribution in [3.05, 3.63) is 35.8 Å². The highest BCUT2D eigenvalue weighted by Gasteiger charge is 2.32. The summed E-state index contributed by atoms with van der Waals surface area (Å²) in [4.78, 5) is 26.2. The highest BCUT2D eigenvalue weighted by atomic mass is 19.1. The topological polar surface area (TPSA) is 51.5 Å². The van der Waals surface area contributed by atoms with Crippen molar-refractivity contribution < 1.29 is 18.7 Å². The third-order valence-electron chi connectivity index (χ3n) is 4.64. The van der Waals surface area contributed by atoms with E-state index in [0.717, 1.165) is 18.4 Å². The summed E-state index contributed by atoms with van der Waals surface area (Å²) >= 11 is 0. The van der Waals surface area contributed by atoms with E-state index in [1.54, 1.807) is 17.2 Å². The maximum absolute atomic E-state index is 13.6. The zero-order valence-corrected chi connectivity index (χ0v) is 15.7. The smallest absolute Gasteiger partial charge is 0.410 e. The summed E-state index contributed by atoms with van der Waals surface area (Å²) in [5.74, 6) is -0.469. The van der Waals surface area contributed by atoms with Gasteiger partial charge in [0.15, 0.2) is 5.78 Å². The van der Waals surface area contributed by atoms with Gasteiger partial charge in [0.05, 0.1) is 6.04 Å². The van der Waals surface area contributed by atoms with E-state index in [4.69, 9.17) is 4.74 Å². The molecule has 26 heavy (non-hydrogen) atoms. The van der Waals surface area contributed by atoms with Gasteiger partial charge in [-0.2, -0.15) is 0 Å². The van der Waals surface area contributed by atoms with E-state index in [2.05, 4.69) is 0 Å². The molecule has 0 spiro atoms. The Balaban J connectivity index is 1.88. The lowest BCUT2D eigenvalue weighted by Crippen LogP contribution is -2.41. The van der Waals surface area contributed by atoms with Crippen LogP contribution in [-0.4, -0.2) is 39.5 Å². The van der Waals surface area contributed by atoms with Crippen LogP contribution in [0.2, 0.25) is 0 Å². The molecule has 1 fully saturated rings. The van der Waals surface area contributed by atoms with Crippen molar-refractivity contribution in [1.82, 2.24) is 9.47 Å². The Morgan fingerprint density at radius 2 is 2.04 bits per heavy atom. The molecule has 2 heterocycles. The van der Waals surface area contributed by atoms with E-state index >= 15 is 0 Å². The largest absolute Gasteiger partial charge is 0.444 e. The highest BCUT2D eigenvalue weighted by Crippen LogP contribution is 2.27. The van der Waals surface area contributed by atoms with E-state index in [-0.39, 0.29) is 23.7 Å². The molecule has 0 radical (unpaired) electrons. The van der Waals surface area contributed by atoms with E-state index in [0.29, 0.717) is 24.0 Å². The Labute approximate surface area is 152 Å². The Morgan fingerprint density at radius 3 is 2.69 bits per heavy atom. The van der Waals surface area contributed by atoms with E-state index in [1.807, 2.05) is 25.3 Å². The number of benzene rings is 1. The summed E-state index contributed by atoms with van der Waals surface area (Å²) in [6.45, 7) is 8.24. The van der Waals surface area contributed by atoms with Crippen LogP contribution in [0.5, 0.6) is 0 Å². The lowest BCUT2D eigenvalue weighted by atomic mass is 10.1. The average molecular weight is 360 g/mol. The number of rotatable bonds is 3. The van der Waals surface area contributed by atoms with Gasteiger partial charge in [0.1, 0.15) is 11.4 Å². The van der Waals surface area contributed by atoms with Gasteiger partial charge in [-0.3, -0.25) is 4.79 Å². The van der Waals surface area contributed by atoms with Crippen molar-refractivity contribution in [2.24, 2.45) is 0 Å². The molecule has 1 atom stereocenters. The number of hydrogen-bond acceptors (Lipinski definition) is 3. The van der Waals surface area contributed by atoms with Gasteiger partial charge in [0.25, 0.3) is 0 Å². The first-order chi connectivity index (χ1) is 12.2. The fraction of sp³-hybridized carbons (Fsp3) is 0.500. The lowest BCUT2D eigenvalue weighted by Gasteiger charge is -2.29. The summed E-state index contributed by atoms with van der Waals surface area (Å²) in [7, 11) is 0. The summed E-state index contributed by atoms with van der Waals surface area (Å²) in [5, 5.41) is 0.610. The molecule has 5 nitrogen and oxygen atoms in total. The maximum atomic E-state index is 13.6. The Kier molecular flexibility index (Phi) is 4.78. The summed E-state index contributed by atoms with van der Waals surface area (Å²) in [6, 6.07) is 4.46. The number of hydrogen-bond donors (Lipinski definition) is 0. The second kappa shape index (κ2) is 6.74. The summed E-state index contributed by atoms with van der Waals surface area (Å²) < 4.78 is 21.1. The monoisotopic (exact) mass is 360 g/mol. The molecule has 1 aromatic heterocycles. The maximum Gasteiger partial charge on any atom is 0.410 e. The number of carbonyl (C=O) groups is 2. The van der Waals surface area contributed by atoms with E-state index < -0.39 is 5.60 Å². The number of nitrogens with zero attached hydrogens (tertiary/aromatic N) is 2. The third-order valence-corrected chi connectivity index (χ3v) is 4.64. The van der Waals surface area contributed by atoms with Gasteiger partial charge in [-0.1, -0.05) is 0 Å². The molecule has 2 aromatic rings. The average Bonchev–Trinajstić information content (AvgIpc) is 3.10. The zero-order valence-electron chi connectivity index (χ0n) is 15.7. The zero-order chi connectivity index (χ0) is 19.1. The SMILES string of the molecule is CC(=O)c1cn(C[C@@H]2CCCN2C(=O)OC(C)(C)C)c2ccc(F)cc12. The molecule has 1 amide bonds. The van der Waals surface area contributed by atoms with Crippen molar-refractivity contribution in [3.8, 4) is 0 Å². The van der Waals surface area contributed by atoms with Crippen molar-refractivity contribution in [2.45, 2.75) is 58.7 Å². The second-order valence-corrected chi connectivity index (χ2v) is 7.88. The van der Waals surface area contributed by atoms with Gasteiger partial charge in [-0.15, -0.1) is 0 Å². The number of aromatic nitrogens is 1. The molecule has 0 aliphatic carbocycles. The molecule has 0 N–H and O–H groups in total. The fourth-order valence-electron chi connectivity index (χ4n) is 3.51. The molecule has 6 heteroatoms. The van der Waals surface area contributed by atoms with Crippen LogP contribution >= 0.6 is 0 Å². The number of amides is 1. The van der Waals surface area contributed by atoms with Gasteiger partial charge < -0.3 is 14.2 Å². The molecular weight excluding hydrogens is 335 g/mol. The summed E-state index contributed by atoms with van der Waals surface area (Å²) in [6.07, 6.45) is 3.24. The minimum atomic E-state index is -0.538. The Bertz CT molecular complexity index is 851. The molecule has 140 valence electrons. The lowest BCUT2D eigenvalue weighted by molar-refractivity contribution is 0.0215. The third kappa shape index (κ3) is 3.74. The van der Waals surface area contributed by atoms with E-state index in [1.165, 1.54) is 19.1 Å². The predicted molar refractivity (Wildman–Crippen MR) is 97.9 cm³/mol. The first-order valence-corrected chi connectivity index (χ1v) is 8.94. The van der Waals surface area contributed by atoms with Crippen LogP contribution in [0.15, 0.2) is 24.4 Å². The van der Waals surface area contributed by atoms with Crippen LogP contribution in [0.4, 0.5) is 9.18 Å². The Morgan fingerprint density at radius 1 is 1.31 bits per heavy atom. The van der Waals surface area contributed by atoms with Gasteiger partial charge in [0.2, 0.25) is 0 Å². The van der Waals surface area contributed by atoms with Crippen LogP contribution in [0, 0.1) is 5.82 Å². The molecule has 1 saturated heterocycles. The minimum Gasteiger partial charge on any atom is -0.444 e. The van der Waals surface area contributed by atoms with Crippen LogP contribution < -0.4 is 0 Å². The molecule has 3 rings (SSSR count). The number of ether oxygens (including phenoxy) is 1. The fourth-order valence-corrected chi connectivity index (χ4v) is 3.51. The molecule has 0 unspecified atom stereocenters. The molecule has 0 saturated carbocycles. The first-order valence-electron chi connectivity index (χ1n) is 8.94. The minimum absolute atomic E-state index is 0.00897. The van der Waals surface area contributed by atoms with E-state index in [9.17, 15) is 14.0 Å². The van der Waals surface area contributed by atoms with Crippen molar-refractivity contribution in [1.29, 1.82) is 0 Å². The number of ketones is 1. The first kappa shape index (κ1) is 18.4. The number of likely N-dealkylation sites (tertiary alicyclic amines) is 1. The van der Waals surface area contributed by atoms with Crippen LogP contribution in [0.1, 0.15) is 50.9 Å². The van der Waals surface area contributed by atoms with Crippen molar-refractivity contribution in [3.63, 3.8) is 0 Å². The van der Waals surface area contributed by atoms with Gasteiger partial charge in [-0.05, 0) is 58.7 Å². The Hall–Kier alpha value is -2.37. The quantitative estimate of drug-likeness (QED) is 0.763. The molecule has 1 aromatic carbocycles.